The number of halogens is 3. The SMILES string of the molecule is CC(C)(C)c1cc(NC(=O)CNc2ccc(OC(F)(F)F)cc2)on1. The minimum Gasteiger partial charge on any atom is -0.406 e. The maximum absolute atomic E-state index is 12.1. The van der Waals surface area contributed by atoms with E-state index in [0.717, 1.165) is 12.1 Å². The van der Waals surface area contributed by atoms with Crippen LogP contribution in [0.1, 0.15) is 26.5 Å². The molecule has 2 N–H and O–H groups in total. The average Bonchev–Trinajstić information content (AvgIpc) is 2.93. The van der Waals surface area contributed by atoms with Crippen LogP contribution in [0.5, 0.6) is 5.75 Å². The van der Waals surface area contributed by atoms with Gasteiger partial charge in [0.1, 0.15) is 5.75 Å². The summed E-state index contributed by atoms with van der Waals surface area (Å²) in [5.74, 6) is -0.489. The van der Waals surface area contributed by atoms with E-state index in [1.807, 2.05) is 20.8 Å². The number of aromatic nitrogens is 1. The molecule has 0 fully saturated rings. The van der Waals surface area contributed by atoms with Crippen molar-refractivity contribution in [2.45, 2.75) is 32.5 Å². The summed E-state index contributed by atoms with van der Waals surface area (Å²) in [6.07, 6.45) is -4.74. The Morgan fingerprint density at radius 1 is 1.20 bits per heavy atom. The van der Waals surface area contributed by atoms with Gasteiger partial charge < -0.3 is 14.6 Å². The van der Waals surface area contributed by atoms with E-state index in [2.05, 4.69) is 20.5 Å². The maximum atomic E-state index is 12.1. The van der Waals surface area contributed by atoms with Crippen molar-refractivity contribution >= 4 is 17.5 Å². The van der Waals surface area contributed by atoms with Gasteiger partial charge in [0.05, 0.1) is 12.2 Å². The number of alkyl halides is 3. The standard InChI is InChI=1S/C16H18F3N3O3/c1-15(2,3)12-8-14(25-22-12)21-13(23)9-20-10-4-6-11(7-5-10)24-16(17,18)19/h4-8,20H,9H2,1-3H3,(H,21,23). The lowest BCUT2D eigenvalue weighted by Crippen LogP contribution is -2.21. The van der Waals surface area contributed by atoms with E-state index in [4.69, 9.17) is 4.52 Å². The summed E-state index contributed by atoms with van der Waals surface area (Å²) in [6, 6.07) is 6.70. The Balaban J connectivity index is 1.84. The first kappa shape index (κ1) is 18.6. The molecule has 1 amide bonds. The fourth-order valence-corrected chi connectivity index (χ4v) is 1.83. The molecule has 25 heavy (non-hydrogen) atoms. The summed E-state index contributed by atoms with van der Waals surface area (Å²) < 4.78 is 45.0. The lowest BCUT2D eigenvalue weighted by molar-refractivity contribution is -0.274. The summed E-state index contributed by atoms with van der Waals surface area (Å²) in [5, 5.41) is 9.21. The van der Waals surface area contributed by atoms with Crippen LogP contribution < -0.4 is 15.4 Å². The number of hydrogen-bond donors (Lipinski definition) is 2. The normalized spacial score (nSPS) is 11.9. The topological polar surface area (TPSA) is 76.4 Å². The van der Waals surface area contributed by atoms with Crippen LogP contribution in [0.25, 0.3) is 0 Å². The van der Waals surface area contributed by atoms with E-state index < -0.39 is 6.36 Å². The van der Waals surface area contributed by atoms with E-state index in [1.165, 1.54) is 12.1 Å². The molecule has 0 radical (unpaired) electrons. The molecule has 0 aliphatic carbocycles. The Kier molecular flexibility index (Phi) is 5.24. The van der Waals surface area contributed by atoms with Gasteiger partial charge in [0.2, 0.25) is 11.8 Å². The molecule has 1 heterocycles. The lowest BCUT2D eigenvalue weighted by Gasteiger charge is -2.12. The van der Waals surface area contributed by atoms with E-state index in [1.54, 1.807) is 6.07 Å². The van der Waals surface area contributed by atoms with Crippen LogP contribution >= 0.6 is 0 Å². The summed E-state index contributed by atoms with van der Waals surface area (Å²) in [7, 11) is 0. The predicted molar refractivity (Wildman–Crippen MR) is 85.4 cm³/mol. The molecule has 1 aromatic carbocycles. The quantitative estimate of drug-likeness (QED) is 0.848. The first-order chi connectivity index (χ1) is 11.5. The fraction of sp³-hybridized carbons (Fsp3) is 0.375. The molecule has 0 bridgehead atoms. The van der Waals surface area contributed by atoms with Crippen LogP contribution in [0.3, 0.4) is 0 Å². The number of carbonyl (C=O) groups excluding carboxylic acids is 1. The number of nitrogens with one attached hydrogen (secondary N) is 2. The number of amides is 1. The van der Waals surface area contributed by atoms with Crippen LogP contribution in [-0.2, 0) is 10.2 Å². The third kappa shape index (κ3) is 6.02. The molecule has 0 saturated carbocycles. The third-order valence-corrected chi connectivity index (χ3v) is 3.08. The number of carbonyl (C=O) groups is 1. The summed E-state index contributed by atoms with van der Waals surface area (Å²) in [5.41, 5.74) is 0.971. The second kappa shape index (κ2) is 7.04. The Labute approximate surface area is 142 Å². The minimum absolute atomic E-state index is 0.0922. The smallest absolute Gasteiger partial charge is 0.406 e. The molecule has 0 aliphatic rings. The molecule has 0 atom stereocenters. The predicted octanol–water partition coefficient (Wildman–Crippen LogP) is 3.92. The van der Waals surface area contributed by atoms with Crippen LogP contribution in [0.2, 0.25) is 0 Å². The van der Waals surface area contributed by atoms with Gasteiger partial charge in [0, 0.05) is 17.2 Å². The van der Waals surface area contributed by atoms with Crippen LogP contribution in [0.15, 0.2) is 34.9 Å². The minimum atomic E-state index is -4.74. The van der Waals surface area contributed by atoms with Crippen molar-refractivity contribution in [3.8, 4) is 5.75 Å². The van der Waals surface area contributed by atoms with Crippen molar-refractivity contribution in [2.75, 3.05) is 17.2 Å². The van der Waals surface area contributed by atoms with E-state index >= 15 is 0 Å². The molecule has 0 spiro atoms. The van der Waals surface area contributed by atoms with Crippen molar-refractivity contribution in [1.82, 2.24) is 5.16 Å². The molecule has 2 rings (SSSR count). The number of rotatable bonds is 5. The van der Waals surface area contributed by atoms with Gasteiger partial charge in [-0.1, -0.05) is 25.9 Å². The number of ether oxygens (including phenoxy) is 1. The van der Waals surface area contributed by atoms with Gasteiger partial charge in [0.15, 0.2) is 0 Å². The van der Waals surface area contributed by atoms with Gasteiger partial charge >= 0.3 is 6.36 Å². The molecule has 0 saturated heterocycles. The van der Waals surface area contributed by atoms with Gasteiger partial charge in [-0.2, -0.15) is 0 Å². The zero-order chi connectivity index (χ0) is 18.7. The van der Waals surface area contributed by atoms with Crippen LogP contribution in [0.4, 0.5) is 24.7 Å². The second-order valence-electron chi connectivity index (χ2n) is 6.30. The van der Waals surface area contributed by atoms with Crippen molar-refractivity contribution in [3.63, 3.8) is 0 Å². The molecule has 1 aromatic heterocycles. The largest absolute Gasteiger partial charge is 0.573 e. The van der Waals surface area contributed by atoms with E-state index in [0.29, 0.717) is 11.4 Å². The van der Waals surface area contributed by atoms with Crippen molar-refractivity contribution in [2.24, 2.45) is 0 Å². The van der Waals surface area contributed by atoms with Crippen molar-refractivity contribution in [3.05, 3.63) is 36.0 Å². The summed E-state index contributed by atoms with van der Waals surface area (Å²) >= 11 is 0. The molecule has 0 unspecified atom stereocenters. The van der Waals surface area contributed by atoms with Gasteiger partial charge in [-0.15, -0.1) is 13.2 Å². The second-order valence-corrected chi connectivity index (χ2v) is 6.30. The van der Waals surface area contributed by atoms with Gasteiger partial charge in [-0.3, -0.25) is 10.1 Å². The molecule has 6 nitrogen and oxygen atoms in total. The first-order valence-electron chi connectivity index (χ1n) is 7.40. The molecule has 2 aromatic rings. The number of anilines is 2. The molecule has 136 valence electrons. The Morgan fingerprint density at radius 3 is 2.36 bits per heavy atom. The zero-order valence-corrected chi connectivity index (χ0v) is 13.9. The lowest BCUT2D eigenvalue weighted by atomic mass is 9.92. The number of hydrogen-bond acceptors (Lipinski definition) is 5. The highest BCUT2D eigenvalue weighted by molar-refractivity contribution is 5.92. The maximum Gasteiger partial charge on any atom is 0.573 e. The van der Waals surface area contributed by atoms with Crippen molar-refractivity contribution in [1.29, 1.82) is 0 Å². The fourth-order valence-electron chi connectivity index (χ4n) is 1.83. The third-order valence-electron chi connectivity index (χ3n) is 3.08. The van der Waals surface area contributed by atoms with Gasteiger partial charge in [-0.05, 0) is 24.3 Å². The van der Waals surface area contributed by atoms with Crippen molar-refractivity contribution < 1.29 is 27.2 Å². The van der Waals surface area contributed by atoms with Crippen LogP contribution in [0, 0.1) is 0 Å². The van der Waals surface area contributed by atoms with Crippen LogP contribution in [-0.4, -0.2) is 24.0 Å². The highest BCUT2D eigenvalue weighted by atomic mass is 19.4. The van der Waals surface area contributed by atoms with E-state index in [-0.39, 0.29) is 29.5 Å². The molecule has 0 aliphatic heterocycles. The number of nitrogens with zero attached hydrogens (tertiary/aromatic N) is 1. The summed E-state index contributed by atoms with van der Waals surface area (Å²) in [6.45, 7) is 5.80. The highest BCUT2D eigenvalue weighted by Gasteiger charge is 2.30. The Bertz CT molecular complexity index is 719. The molecule has 9 heteroatoms. The van der Waals surface area contributed by atoms with E-state index in [9.17, 15) is 18.0 Å². The molecular formula is C16H18F3N3O3. The monoisotopic (exact) mass is 357 g/mol. The first-order valence-corrected chi connectivity index (χ1v) is 7.40. The Morgan fingerprint density at radius 2 is 1.84 bits per heavy atom. The van der Waals surface area contributed by atoms with Gasteiger partial charge in [-0.25, -0.2) is 0 Å². The molecular weight excluding hydrogens is 339 g/mol. The number of benzene rings is 1. The summed E-state index contributed by atoms with van der Waals surface area (Å²) in [4.78, 5) is 11.9. The Hall–Kier alpha value is -2.71. The average molecular weight is 357 g/mol. The van der Waals surface area contributed by atoms with Gasteiger partial charge in [0.25, 0.3) is 0 Å². The highest BCUT2D eigenvalue weighted by Crippen LogP contribution is 2.24. The zero-order valence-electron chi connectivity index (χ0n) is 13.9.